The molecule has 1 heterocycles. The number of hydrogen-bond acceptors (Lipinski definition) is 3. The van der Waals surface area contributed by atoms with Gasteiger partial charge >= 0.3 is 5.97 Å². The second-order valence-corrected chi connectivity index (χ2v) is 4.82. The number of aromatic amines is 1. The largest absolute Gasteiger partial charge is 0.488 e. The first-order valence-electron chi connectivity index (χ1n) is 6.70. The van der Waals surface area contributed by atoms with Crippen LogP contribution in [0.15, 0.2) is 59.5 Å². The predicted molar refractivity (Wildman–Crippen MR) is 82.3 cm³/mol. The van der Waals surface area contributed by atoms with Crippen LogP contribution in [-0.4, -0.2) is 16.1 Å². The van der Waals surface area contributed by atoms with Gasteiger partial charge in [0.25, 0.3) is 0 Å². The van der Waals surface area contributed by atoms with E-state index in [4.69, 9.17) is 4.74 Å². The lowest BCUT2D eigenvalue weighted by Gasteiger charge is -2.10. The van der Waals surface area contributed by atoms with Crippen LogP contribution in [0.4, 0.5) is 0 Å². The van der Waals surface area contributed by atoms with Gasteiger partial charge in [-0.3, -0.25) is 4.79 Å². The van der Waals surface area contributed by atoms with E-state index in [-0.39, 0.29) is 23.3 Å². The molecule has 0 saturated heterocycles. The molecule has 5 heteroatoms. The molecule has 5 nitrogen and oxygen atoms in total. The predicted octanol–water partition coefficient (Wildman–Crippen LogP) is 2.81. The minimum Gasteiger partial charge on any atom is -0.488 e. The number of carboxylic acid groups (broad SMARTS) is 1. The quantitative estimate of drug-likeness (QED) is 0.775. The minimum absolute atomic E-state index is 0.0277. The number of carbonyl (C=O) groups is 1. The molecule has 0 unspecified atom stereocenters. The zero-order valence-electron chi connectivity index (χ0n) is 11.6. The average Bonchev–Trinajstić information content (AvgIpc) is 2.53. The highest BCUT2D eigenvalue weighted by Crippen LogP contribution is 2.24. The number of aromatic carboxylic acids is 1. The molecule has 110 valence electrons. The van der Waals surface area contributed by atoms with Crippen LogP contribution in [-0.2, 0) is 6.61 Å². The minimum atomic E-state index is -1.13. The van der Waals surface area contributed by atoms with Gasteiger partial charge < -0.3 is 14.8 Å². The van der Waals surface area contributed by atoms with E-state index in [0.717, 1.165) is 5.56 Å². The Morgan fingerprint density at radius 3 is 2.64 bits per heavy atom. The van der Waals surface area contributed by atoms with Crippen molar-refractivity contribution < 1.29 is 14.6 Å². The Balaban J connectivity index is 2.02. The van der Waals surface area contributed by atoms with Crippen LogP contribution in [0.3, 0.4) is 0 Å². The summed E-state index contributed by atoms with van der Waals surface area (Å²) in [6.45, 7) is 0.254. The summed E-state index contributed by atoms with van der Waals surface area (Å²) in [4.78, 5) is 26.1. The molecule has 3 rings (SSSR count). The van der Waals surface area contributed by atoms with E-state index in [1.165, 1.54) is 18.3 Å². The lowest BCUT2D eigenvalue weighted by molar-refractivity contribution is 0.0692. The van der Waals surface area contributed by atoms with Gasteiger partial charge in [-0.2, -0.15) is 0 Å². The molecule has 22 heavy (non-hydrogen) atoms. The van der Waals surface area contributed by atoms with Gasteiger partial charge in [-0.05, 0) is 11.6 Å². The molecule has 2 aromatic carbocycles. The summed E-state index contributed by atoms with van der Waals surface area (Å²) in [6.07, 6.45) is 1.52. The Morgan fingerprint density at radius 2 is 1.91 bits per heavy atom. The molecule has 0 fully saturated rings. The highest BCUT2D eigenvalue weighted by Gasteiger charge is 2.14. The number of carboxylic acids is 1. The number of nitrogens with one attached hydrogen (secondary N) is 1. The van der Waals surface area contributed by atoms with E-state index in [0.29, 0.717) is 10.9 Å². The number of rotatable bonds is 4. The van der Waals surface area contributed by atoms with E-state index in [1.807, 2.05) is 30.3 Å². The highest BCUT2D eigenvalue weighted by molar-refractivity contribution is 5.96. The smallest absolute Gasteiger partial charge is 0.339 e. The van der Waals surface area contributed by atoms with Crippen molar-refractivity contribution in [1.29, 1.82) is 0 Å². The third-order valence-corrected chi connectivity index (χ3v) is 3.33. The van der Waals surface area contributed by atoms with Crippen molar-refractivity contribution in [2.45, 2.75) is 6.61 Å². The van der Waals surface area contributed by atoms with Crippen molar-refractivity contribution in [3.63, 3.8) is 0 Å². The second kappa shape index (κ2) is 5.73. The van der Waals surface area contributed by atoms with E-state index in [1.54, 1.807) is 6.07 Å². The summed E-state index contributed by atoms with van der Waals surface area (Å²) in [7, 11) is 0. The monoisotopic (exact) mass is 295 g/mol. The van der Waals surface area contributed by atoms with Gasteiger partial charge in [0, 0.05) is 23.7 Å². The van der Waals surface area contributed by atoms with Gasteiger partial charge in [0.05, 0.1) is 5.52 Å². The maximum Gasteiger partial charge on any atom is 0.339 e. The van der Waals surface area contributed by atoms with Crippen LogP contribution < -0.4 is 10.2 Å². The third-order valence-electron chi connectivity index (χ3n) is 3.33. The molecular weight excluding hydrogens is 282 g/mol. The molecule has 0 aliphatic carbocycles. The van der Waals surface area contributed by atoms with E-state index < -0.39 is 5.97 Å². The lowest BCUT2D eigenvalue weighted by Crippen LogP contribution is -2.07. The first kappa shape index (κ1) is 13.9. The summed E-state index contributed by atoms with van der Waals surface area (Å²) in [5.41, 5.74) is 1.21. The molecule has 0 atom stereocenters. The fourth-order valence-electron chi connectivity index (χ4n) is 2.22. The number of pyridine rings is 1. The third kappa shape index (κ3) is 2.69. The zero-order valence-corrected chi connectivity index (χ0v) is 11.6. The molecular formula is C17H13NO4. The van der Waals surface area contributed by atoms with Crippen LogP contribution in [0.25, 0.3) is 10.9 Å². The summed E-state index contributed by atoms with van der Waals surface area (Å²) < 4.78 is 5.63. The van der Waals surface area contributed by atoms with E-state index >= 15 is 0 Å². The average molecular weight is 295 g/mol. The van der Waals surface area contributed by atoms with Gasteiger partial charge in [0.1, 0.15) is 17.9 Å². The van der Waals surface area contributed by atoms with Crippen LogP contribution >= 0.6 is 0 Å². The first-order valence-corrected chi connectivity index (χ1v) is 6.70. The van der Waals surface area contributed by atoms with E-state index in [9.17, 15) is 14.7 Å². The van der Waals surface area contributed by atoms with Crippen molar-refractivity contribution in [1.82, 2.24) is 4.98 Å². The van der Waals surface area contributed by atoms with Crippen LogP contribution in [0.1, 0.15) is 15.9 Å². The normalized spacial score (nSPS) is 10.5. The summed E-state index contributed by atoms with van der Waals surface area (Å²) >= 11 is 0. The first-order chi connectivity index (χ1) is 10.6. The Kier molecular flexibility index (Phi) is 3.62. The molecule has 0 aliphatic heterocycles. The Morgan fingerprint density at radius 1 is 1.14 bits per heavy atom. The molecule has 0 radical (unpaired) electrons. The molecule has 0 bridgehead atoms. The number of hydrogen-bond donors (Lipinski definition) is 2. The Hall–Kier alpha value is -3.08. The fourth-order valence-corrected chi connectivity index (χ4v) is 2.22. The van der Waals surface area contributed by atoms with Crippen molar-refractivity contribution in [3.8, 4) is 5.75 Å². The van der Waals surface area contributed by atoms with Crippen LogP contribution in [0.2, 0.25) is 0 Å². The van der Waals surface area contributed by atoms with Crippen molar-refractivity contribution in [2.75, 3.05) is 0 Å². The summed E-state index contributed by atoms with van der Waals surface area (Å²) in [6, 6.07) is 13.7. The number of fused-ring (bicyclic) bond motifs is 1. The van der Waals surface area contributed by atoms with Gasteiger partial charge in [-0.15, -0.1) is 0 Å². The second-order valence-electron chi connectivity index (χ2n) is 4.82. The molecule has 0 amide bonds. The molecule has 0 spiro atoms. The molecule has 2 N–H and O–H groups in total. The number of aromatic nitrogens is 1. The lowest BCUT2D eigenvalue weighted by atomic mass is 10.1. The SMILES string of the molecule is O=C(O)c1cc2c(=O)cc[nH]c2cc1OCc1ccccc1. The molecule has 0 saturated carbocycles. The van der Waals surface area contributed by atoms with E-state index in [2.05, 4.69) is 4.98 Å². The van der Waals surface area contributed by atoms with Crippen LogP contribution in [0.5, 0.6) is 5.75 Å². The fraction of sp³-hybridized carbons (Fsp3) is 0.0588. The molecule has 1 aromatic heterocycles. The topological polar surface area (TPSA) is 79.4 Å². The highest BCUT2D eigenvalue weighted by atomic mass is 16.5. The Bertz CT molecular complexity index is 884. The maximum atomic E-state index is 11.8. The summed E-state index contributed by atoms with van der Waals surface area (Å²) in [5.74, 6) is -0.904. The van der Waals surface area contributed by atoms with Gasteiger partial charge in [0.15, 0.2) is 5.43 Å². The van der Waals surface area contributed by atoms with Crippen LogP contribution in [0, 0.1) is 0 Å². The Labute approximate surface area is 125 Å². The number of ether oxygens (including phenoxy) is 1. The van der Waals surface area contributed by atoms with Crippen molar-refractivity contribution >= 4 is 16.9 Å². The number of benzene rings is 2. The number of H-pyrrole nitrogens is 1. The molecule has 3 aromatic rings. The maximum absolute atomic E-state index is 11.8. The van der Waals surface area contributed by atoms with Crippen molar-refractivity contribution in [3.05, 3.63) is 76.1 Å². The van der Waals surface area contributed by atoms with Crippen molar-refractivity contribution in [2.24, 2.45) is 0 Å². The zero-order chi connectivity index (χ0) is 15.5. The van der Waals surface area contributed by atoms with Gasteiger partial charge in [0.2, 0.25) is 0 Å². The van der Waals surface area contributed by atoms with Gasteiger partial charge in [-0.1, -0.05) is 30.3 Å². The standard InChI is InChI=1S/C17H13NO4/c19-15-6-7-18-14-9-16(13(17(20)21)8-12(14)15)22-10-11-4-2-1-3-5-11/h1-9H,10H2,(H,18,19)(H,20,21). The van der Waals surface area contributed by atoms with Gasteiger partial charge in [-0.25, -0.2) is 4.79 Å². The summed E-state index contributed by atoms with van der Waals surface area (Å²) in [5, 5.41) is 9.65. The molecule has 0 aliphatic rings.